The molecular formula is C26H41ClN2O. The molecule has 3 nitrogen and oxygen atoms in total. The Morgan fingerprint density at radius 1 is 1.00 bits per heavy atom. The third kappa shape index (κ3) is 11.3. The first-order valence-electron chi connectivity index (χ1n) is 11.2. The smallest absolute Gasteiger partial charge is 0.129 e. The molecule has 2 aromatic rings. The minimum absolute atomic E-state index is 0.491. The molecule has 0 unspecified atom stereocenters. The van der Waals surface area contributed by atoms with Crippen molar-refractivity contribution >= 4 is 17.3 Å². The van der Waals surface area contributed by atoms with Gasteiger partial charge in [-0.3, -0.25) is 0 Å². The van der Waals surface area contributed by atoms with Crippen molar-refractivity contribution in [3.63, 3.8) is 0 Å². The van der Waals surface area contributed by atoms with Crippen LogP contribution in [0.4, 0.5) is 0 Å². The molecule has 0 fully saturated rings. The van der Waals surface area contributed by atoms with Crippen LogP contribution in [-0.2, 0) is 6.42 Å². The lowest BCUT2D eigenvalue weighted by atomic mass is 10.0. The SMILES string of the molecule is CCCC(=N)c1cnc(Cl)cc1C.CCCCC.CCCc1cc(C)ccc1OC. The van der Waals surface area contributed by atoms with Gasteiger partial charge in [-0.15, -0.1) is 0 Å². The van der Waals surface area contributed by atoms with Gasteiger partial charge in [0.1, 0.15) is 10.9 Å². The van der Waals surface area contributed by atoms with E-state index in [9.17, 15) is 0 Å². The van der Waals surface area contributed by atoms with Gasteiger partial charge in [0.05, 0.1) is 7.11 Å². The van der Waals surface area contributed by atoms with Crippen molar-refractivity contribution in [1.82, 2.24) is 4.98 Å². The predicted octanol–water partition coefficient (Wildman–Crippen LogP) is 8.36. The summed E-state index contributed by atoms with van der Waals surface area (Å²) in [4.78, 5) is 3.97. The highest BCUT2D eigenvalue weighted by Crippen LogP contribution is 2.20. The first-order chi connectivity index (χ1) is 14.3. The molecule has 1 aromatic heterocycles. The van der Waals surface area contributed by atoms with E-state index in [1.54, 1.807) is 19.4 Å². The molecule has 0 amide bonds. The Bertz CT molecular complexity index is 742. The summed E-state index contributed by atoms with van der Waals surface area (Å²) in [5, 5.41) is 8.25. The van der Waals surface area contributed by atoms with Gasteiger partial charge in [-0.1, -0.05) is 89.1 Å². The molecule has 1 heterocycles. The first kappa shape index (κ1) is 28.1. The number of halogens is 1. The number of hydrogen-bond donors (Lipinski definition) is 1. The van der Waals surface area contributed by atoms with E-state index in [-0.39, 0.29) is 0 Å². The number of aryl methyl sites for hydroxylation is 3. The summed E-state index contributed by atoms with van der Waals surface area (Å²) in [5.41, 5.74) is 5.20. The Kier molecular flexibility index (Phi) is 15.8. The summed E-state index contributed by atoms with van der Waals surface area (Å²) in [6.07, 6.45) is 9.80. The number of rotatable bonds is 8. The van der Waals surface area contributed by atoms with Gasteiger partial charge >= 0.3 is 0 Å². The van der Waals surface area contributed by atoms with Crippen LogP contribution < -0.4 is 4.74 Å². The summed E-state index contributed by atoms with van der Waals surface area (Å²) >= 11 is 5.72. The molecule has 30 heavy (non-hydrogen) atoms. The van der Waals surface area contributed by atoms with Crippen LogP contribution in [0.25, 0.3) is 0 Å². The molecule has 4 heteroatoms. The number of aromatic nitrogens is 1. The molecule has 0 atom stereocenters. The molecule has 0 saturated heterocycles. The Hall–Kier alpha value is -1.87. The second kappa shape index (κ2) is 16.9. The van der Waals surface area contributed by atoms with E-state index in [0.717, 1.165) is 36.1 Å². The number of hydrogen-bond acceptors (Lipinski definition) is 3. The molecule has 1 aromatic carbocycles. The van der Waals surface area contributed by atoms with E-state index in [4.69, 9.17) is 21.7 Å². The van der Waals surface area contributed by atoms with Crippen molar-refractivity contribution in [1.29, 1.82) is 5.41 Å². The summed E-state index contributed by atoms with van der Waals surface area (Å²) in [5.74, 6) is 1.02. The van der Waals surface area contributed by atoms with Gasteiger partial charge in [0.15, 0.2) is 0 Å². The molecule has 168 valence electrons. The maximum absolute atomic E-state index is 7.76. The Morgan fingerprint density at radius 3 is 2.13 bits per heavy atom. The molecule has 0 spiro atoms. The largest absolute Gasteiger partial charge is 0.496 e. The number of pyridine rings is 1. The fourth-order valence-electron chi connectivity index (χ4n) is 2.95. The van der Waals surface area contributed by atoms with Crippen LogP contribution in [-0.4, -0.2) is 17.8 Å². The van der Waals surface area contributed by atoms with Crippen molar-refractivity contribution in [2.45, 2.75) is 86.5 Å². The number of nitrogens with zero attached hydrogens (tertiary/aromatic N) is 1. The summed E-state index contributed by atoms with van der Waals surface area (Å²) in [7, 11) is 1.73. The van der Waals surface area contributed by atoms with E-state index in [0.29, 0.717) is 10.9 Å². The quantitative estimate of drug-likeness (QED) is 0.336. The fourth-order valence-corrected chi connectivity index (χ4v) is 3.16. The predicted molar refractivity (Wildman–Crippen MR) is 133 cm³/mol. The van der Waals surface area contributed by atoms with Crippen LogP contribution in [0.1, 0.15) is 88.5 Å². The lowest BCUT2D eigenvalue weighted by Crippen LogP contribution is -2.01. The highest BCUT2D eigenvalue weighted by molar-refractivity contribution is 6.29. The highest BCUT2D eigenvalue weighted by Gasteiger charge is 2.05. The van der Waals surface area contributed by atoms with Crippen LogP contribution in [0, 0.1) is 19.3 Å². The Morgan fingerprint density at radius 2 is 1.67 bits per heavy atom. The third-order valence-corrected chi connectivity index (χ3v) is 4.77. The standard InChI is InChI=1S/C11H16O.C10H13ClN2.C5H12/c1-4-5-10-8-9(2)6-7-11(10)12-3;1-3-4-9(12)8-6-13-10(11)5-7(8)2;1-3-5-4-2/h6-8H,4-5H2,1-3H3;5-6,12H,3-4H2,1-2H3;3-5H2,1-2H3. The lowest BCUT2D eigenvalue weighted by Gasteiger charge is -2.07. The van der Waals surface area contributed by atoms with E-state index in [1.165, 1.54) is 36.8 Å². The van der Waals surface area contributed by atoms with Crippen LogP contribution in [0.5, 0.6) is 5.75 Å². The van der Waals surface area contributed by atoms with Gasteiger partial charge in [-0.2, -0.15) is 0 Å². The van der Waals surface area contributed by atoms with E-state index in [2.05, 4.69) is 51.7 Å². The minimum Gasteiger partial charge on any atom is -0.496 e. The monoisotopic (exact) mass is 432 g/mol. The molecule has 0 aliphatic carbocycles. The summed E-state index contributed by atoms with van der Waals surface area (Å²) in [6.45, 7) is 12.7. The minimum atomic E-state index is 0.491. The molecular weight excluding hydrogens is 392 g/mol. The van der Waals surface area contributed by atoms with Crippen LogP contribution in [0.3, 0.4) is 0 Å². The van der Waals surface area contributed by atoms with Crippen molar-refractivity contribution in [3.8, 4) is 5.75 Å². The van der Waals surface area contributed by atoms with Crippen molar-refractivity contribution < 1.29 is 4.74 Å². The molecule has 2 rings (SSSR count). The van der Waals surface area contributed by atoms with E-state index < -0.39 is 0 Å². The molecule has 1 N–H and O–H groups in total. The zero-order chi connectivity index (χ0) is 22.9. The van der Waals surface area contributed by atoms with Crippen LogP contribution in [0.15, 0.2) is 30.5 Å². The van der Waals surface area contributed by atoms with Gasteiger partial charge in [-0.05, 0) is 49.9 Å². The second-order valence-electron chi connectivity index (χ2n) is 7.47. The zero-order valence-corrected chi connectivity index (χ0v) is 20.8. The Labute approximate surface area is 189 Å². The number of ether oxygens (including phenoxy) is 1. The van der Waals surface area contributed by atoms with Crippen molar-refractivity contribution in [2.75, 3.05) is 7.11 Å². The lowest BCUT2D eigenvalue weighted by molar-refractivity contribution is 0.409. The number of benzene rings is 1. The second-order valence-corrected chi connectivity index (χ2v) is 7.86. The number of methoxy groups -OCH3 is 1. The zero-order valence-electron chi connectivity index (χ0n) is 20.1. The maximum Gasteiger partial charge on any atom is 0.129 e. The topological polar surface area (TPSA) is 46.0 Å². The average Bonchev–Trinajstić information content (AvgIpc) is 2.70. The average molecular weight is 433 g/mol. The van der Waals surface area contributed by atoms with E-state index in [1.807, 2.05) is 13.0 Å². The molecule has 0 saturated carbocycles. The molecule has 0 aliphatic rings. The normalized spacial score (nSPS) is 9.73. The van der Waals surface area contributed by atoms with Gasteiger partial charge in [0, 0.05) is 17.5 Å². The number of unbranched alkanes of at least 4 members (excludes halogenated alkanes) is 2. The summed E-state index contributed by atoms with van der Waals surface area (Å²) in [6, 6.07) is 8.11. The fraction of sp³-hybridized carbons (Fsp3) is 0.538. The third-order valence-electron chi connectivity index (χ3n) is 4.56. The van der Waals surface area contributed by atoms with Crippen molar-refractivity contribution in [3.05, 3.63) is 57.9 Å². The van der Waals surface area contributed by atoms with Gasteiger partial charge in [0.2, 0.25) is 0 Å². The van der Waals surface area contributed by atoms with Gasteiger partial charge < -0.3 is 10.1 Å². The van der Waals surface area contributed by atoms with Crippen LogP contribution >= 0.6 is 11.6 Å². The van der Waals surface area contributed by atoms with E-state index >= 15 is 0 Å². The first-order valence-corrected chi connectivity index (χ1v) is 11.6. The number of nitrogens with one attached hydrogen (secondary N) is 1. The van der Waals surface area contributed by atoms with Gasteiger partial charge in [-0.25, -0.2) is 4.98 Å². The maximum atomic E-state index is 7.76. The van der Waals surface area contributed by atoms with Crippen LogP contribution in [0.2, 0.25) is 5.15 Å². The van der Waals surface area contributed by atoms with Crippen molar-refractivity contribution in [2.24, 2.45) is 0 Å². The molecule has 0 bridgehead atoms. The molecule has 0 aliphatic heterocycles. The molecule has 0 radical (unpaired) electrons. The van der Waals surface area contributed by atoms with Gasteiger partial charge in [0.25, 0.3) is 0 Å². The Balaban J connectivity index is 0.000000461. The summed E-state index contributed by atoms with van der Waals surface area (Å²) < 4.78 is 5.25. The highest BCUT2D eigenvalue weighted by atomic mass is 35.5.